The van der Waals surface area contributed by atoms with Crippen LogP contribution in [0.2, 0.25) is 15.1 Å². The molecule has 0 spiro atoms. The highest BCUT2D eigenvalue weighted by Gasteiger charge is 2.36. The van der Waals surface area contributed by atoms with Crippen LogP contribution in [0.1, 0.15) is 5.69 Å². The van der Waals surface area contributed by atoms with Crippen molar-refractivity contribution in [2.24, 2.45) is 0 Å². The van der Waals surface area contributed by atoms with Crippen LogP contribution in [0.25, 0.3) is 11.1 Å². The molecule has 0 saturated heterocycles. The Morgan fingerprint density at radius 1 is 1.00 bits per heavy atom. The van der Waals surface area contributed by atoms with E-state index in [9.17, 15) is 13.2 Å². The Kier molecular flexibility index (Phi) is 4.04. The van der Waals surface area contributed by atoms with Crippen LogP contribution in [0.3, 0.4) is 0 Å². The molecule has 2 rings (SSSR count). The SMILES string of the molecule is Nc1ccc(-c2c(Cl)cc(Cl)cc2Cl)c(C(F)(F)F)n1. The first kappa shape index (κ1) is 15.2. The van der Waals surface area contributed by atoms with Gasteiger partial charge in [-0.1, -0.05) is 34.8 Å². The number of benzene rings is 1. The van der Waals surface area contributed by atoms with Crippen molar-refractivity contribution in [3.8, 4) is 11.1 Å². The second-order valence-electron chi connectivity index (χ2n) is 3.87. The zero-order valence-corrected chi connectivity index (χ0v) is 11.9. The second-order valence-corrected chi connectivity index (χ2v) is 5.13. The molecule has 8 heteroatoms. The van der Waals surface area contributed by atoms with Gasteiger partial charge in [0.1, 0.15) is 5.82 Å². The molecule has 0 aliphatic heterocycles. The topological polar surface area (TPSA) is 38.9 Å². The number of nitrogens with two attached hydrogens (primary N) is 1. The first-order valence-electron chi connectivity index (χ1n) is 5.19. The molecule has 1 heterocycles. The Bertz CT molecular complexity index is 648. The molecule has 0 radical (unpaired) electrons. The number of rotatable bonds is 1. The van der Waals surface area contributed by atoms with Crippen molar-refractivity contribution in [3.05, 3.63) is 45.0 Å². The summed E-state index contributed by atoms with van der Waals surface area (Å²) < 4.78 is 39.1. The third-order valence-electron chi connectivity index (χ3n) is 2.46. The van der Waals surface area contributed by atoms with Crippen LogP contribution in [0.4, 0.5) is 19.0 Å². The molecule has 0 saturated carbocycles. The van der Waals surface area contributed by atoms with Crippen molar-refractivity contribution in [2.45, 2.75) is 6.18 Å². The maximum Gasteiger partial charge on any atom is 0.434 e. The molecule has 1 aromatic carbocycles. The molecule has 20 heavy (non-hydrogen) atoms. The standard InChI is InChI=1S/C12H6Cl3F3N2/c13-5-3-7(14)10(8(15)4-5)6-1-2-9(19)20-11(6)12(16,17)18/h1-4H,(H2,19,20). The fourth-order valence-corrected chi connectivity index (χ4v) is 2.71. The van der Waals surface area contributed by atoms with E-state index in [1.165, 1.54) is 24.3 Å². The highest BCUT2D eigenvalue weighted by Crippen LogP contribution is 2.42. The maximum absolute atomic E-state index is 13.0. The molecule has 0 aliphatic rings. The third kappa shape index (κ3) is 2.95. The predicted octanol–water partition coefficient (Wildman–Crippen LogP) is 5.31. The van der Waals surface area contributed by atoms with Gasteiger partial charge in [-0.2, -0.15) is 13.2 Å². The lowest BCUT2D eigenvalue weighted by molar-refractivity contribution is -0.140. The number of nitrogens with zero attached hydrogens (tertiary/aromatic N) is 1. The van der Waals surface area contributed by atoms with E-state index >= 15 is 0 Å². The summed E-state index contributed by atoms with van der Waals surface area (Å²) >= 11 is 17.6. The molecule has 106 valence electrons. The highest BCUT2D eigenvalue weighted by molar-refractivity contribution is 6.41. The molecular weight excluding hydrogens is 335 g/mol. The van der Waals surface area contributed by atoms with Crippen LogP contribution < -0.4 is 5.73 Å². The molecule has 2 nitrogen and oxygen atoms in total. The molecule has 0 amide bonds. The van der Waals surface area contributed by atoms with Gasteiger partial charge in [-0.15, -0.1) is 0 Å². The van der Waals surface area contributed by atoms with Gasteiger partial charge in [0.15, 0.2) is 5.69 Å². The quantitative estimate of drug-likeness (QED) is 0.763. The summed E-state index contributed by atoms with van der Waals surface area (Å²) in [4.78, 5) is 3.33. The van der Waals surface area contributed by atoms with Gasteiger partial charge in [0, 0.05) is 16.1 Å². The van der Waals surface area contributed by atoms with Gasteiger partial charge < -0.3 is 5.73 Å². The fraction of sp³-hybridized carbons (Fsp3) is 0.0833. The number of anilines is 1. The first-order valence-corrected chi connectivity index (χ1v) is 6.32. The predicted molar refractivity (Wildman–Crippen MR) is 74.1 cm³/mol. The lowest BCUT2D eigenvalue weighted by Gasteiger charge is -2.15. The van der Waals surface area contributed by atoms with E-state index in [2.05, 4.69) is 4.98 Å². The zero-order valence-electron chi connectivity index (χ0n) is 9.60. The summed E-state index contributed by atoms with van der Waals surface area (Å²) in [6.45, 7) is 0. The van der Waals surface area contributed by atoms with Gasteiger partial charge in [-0.3, -0.25) is 0 Å². The average molecular weight is 342 g/mol. The van der Waals surface area contributed by atoms with Crippen molar-refractivity contribution in [1.82, 2.24) is 4.98 Å². The van der Waals surface area contributed by atoms with Gasteiger partial charge in [0.05, 0.1) is 10.0 Å². The number of pyridine rings is 1. The monoisotopic (exact) mass is 340 g/mol. The van der Waals surface area contributed by atoms with E-state index in [0.29, 0.717) is 0 Å². The Labute approximate surface area is 127 Å². The van der Waals surface area contributed by atoms with Crippen molar-refractivity contribution in [3.63, 3.8) is 0 Å². The van der Waals surface area contributed by atoms with Crippen LogP contribution in [-0.2, 0) is 6.18 Å². The summed E-state index contributed by atoms with van der Waals surface area (Å²) in [6.07, 6.45) is -4.68. The Balaban J connectivity index is 2.77. The zero-order chi connectivity index (χ0) is 15.1. The van der Waals surface area contributed by atoms with E-state index in [1.807, 2.05) is 0 Å². The first-order chi connectivity index (χ1) is 9.20. The van der Waals surface area contributed by atoms with E-state index < -0.39 is 11.9 Å². The molecular formula is C12H6Cl3F3N2. The Hall–Kier alpha value is -1.17. The molecule has 0 fully saturated rings. The van der Waals surface area contributed by atoms with Crippen LogP contribution >= 0.6 is 34.8 Å². The lowest BCUT2D eigenvalue weighted by atomic mass is 10.0. The van der Waals surface area contributed by atoms with Gasteiger partial charge >= 0.3 is 6.18 Å². The average Bonchev–Trinajstić information content (AvgIpc) is 2.28. The van der Waals surface area contributed by atoms with E-state index in [0.717, 1.165) is 0 Å². The molecule has 1 aromatic heterocycles. The third-order valence-corrected chi connectivity index (χ3v) is 3.28. The molecule has 0 bridgehead atoms. The second kappa shape index (κ2) is 5.31. The van der Waals surface area contributed by atoms with Crippen molar-refractivity contribution in [2.75, 3.05) is 5.73 Å². The lowest BCUT2D eigenvalue weighted by Crippen LogP contribution is -2.11. The van der Waals surface area contributed by atoms with Gasteiger partial charge in [0.2, 0.25) is 0 Å². The van der Waals surface area contributed by atoms with E-state index in [1.54, 1.807) is 0 Å². The van der Waals surface area contributed by atoms with Crippen molar-refractivity contribution in [1.29, 1.82) is 0 Å². The normalized spacial score (nSPS) is 11.7. The summed E-state index contributed by atoms with van der Waals surface area (Å²) in [5.41, 5.74) is 3.91. The van der Waals surface area contributed by atoms with Gasteiger partial charge in [-0.25, -0.2) is 4.98 Å². The highest BCUT2D eigenvalue weighted by atomic mass is 35.5. The summed E-state index contributed by atoms with van der Waals surface area (Å²) in [5.74, 6) is -0.248. The number of hydrogen-bond donors (Lipinski definition) is 1. The molecule has 0 atom stereocenters. The van der Waals surface area contributed by atoms with Crippen LogP contribution in [0, 0.1) is 0 Å². The molecule has 2 N–H and O–H groups in total. The molecule has 0 unspecified atom stereocenters. The molecule has 2 aromatic rings. The number of halogens is 6. The van der Waals surface area contributed by atoms with Crippen LogP contribution in [-0.4, -0.2) is 4.98 Å². The summed E-state index contributed by atoms with van der Waals surface area (Å²) in [5, 5.41) is 0.222. The minimum Gasteiger partial charge on any atom is -0.384 e. The number of nitrogen functional groups attached to an aromatic ring is 1. The maximum atomic E-state index is 13.0. The Morgan fingerprint density at radius 2 is 1.55 bits per heavy atom. The van der Waals surface area contributed by atoms with E-state index in [4.69, 9.17) is 40.5 Å². The minimum absolute atomic E-state index is 0.000397. The summed E-state index contributed by atoms with van der Waals surface area (Å²) in [7, 11) is 0. The van der Waals surface area contributed by atoms with Gasteiger partial charge in [-0.05, 0) is 24.3 Å². The minimum atomic E-state index is -4.68. The van der Waals surface area contributed by atoms with Crippen molar-refractivity contribution >= 4 is 40.6 Å². The number of aromatic nitrogens is 1. The van der Waals surface area contributed by atoms with Crippen LogP contribution in [0.5, 0.6) is 0 Å². The number of hydrogen-bond acceptors (Lipinski definition) is 2. The summed E-state index contributed by atoms with van der Waals surface area (Å²) in [6, 6.07) is 5.03. The van der Waals surface area contributed by atoms with Crippen LogP contribution in [0.15, 0.2) is 24.3 Å². The number of alkyl halides is 3. The Morgan fingerprint density at radius 3 is 2.05 bits per heavy atom. The van der Waals surface area contributed by atoms with Crippen molar-refractivity contribution < 1.29 is 13.2 Å². The van der Waals surface area contributed by atoms with Gasteiger partial charge in [0.25, 0.3) is 0 Å². The smallest absolute Gasteiger partial charge is 0.384 e. The van der Waals surface area contributed by atoms with E-state index in [-0.39, 0.29) is 32.0 Å². The largest absolute Gasteiger partial charge is 0.434 e. The molecule has 0 aliphatic carbocycles. The fourth-order valence-electron chi connectivity index (χ4n) is 1.69.